The SMILES string of the molecule is NCCNC(=O)c1c[nH]c(=O)c(Br)c1. The Hall–Kier alpha value is -1.14. The van der Waals surface area contributed by atoms with Gasteiger partial charge in [-0.2, -0.15) is 0 Å². The molecule has 1 amide bonds. The average molecular weight is 260 g/mol. The summed E-state index contributed by atoms with van der Waals surface area (Å²) in [4.78, 5) is 24.7. The average Bonchev–Trinajstić information content (AvgIpc) is 2.18. The topological polar surface area (TPSA) is 88.0 Å². The lowest BCUT2D eigenvalue weighted by Gasteiger charge is -2.02. The van der Waals surface area contributed by atoms with Crippen LogP contribution in [-0.2, 0) is 0 Å². The van der Waals surface area contributed by atoms with Crippen LogP contribution in [0.3, 0.4) is 0 Å². The Labute approximate surface area is 88.8 Å². The molecule has 0 aliphatic heterocycles. The fourth-order valence-corrected chi connectivity index (χ4v) is 1.24. The molecule has 1 aromatic rings. The van der Waals surface area contributed by atoms with Gasteiger partial charge in [-0.25, -0.2) is 0 Å². The van der Waals surface area contributed by atoms with Gasteiger partial charge in [-0.1, -0.05) is 0 Å². The number of nitrogens with one attached hydrogen (secondary N) is 2. The smallest absolute Gasteiger partial charge is 0.262 e. The number of carbonyl (C=O) groups excluding carboxylic acids is 1. The summed E-state index contributed by atoms with van der Waals surface area (Å²) in [6.45, 7) is 0.797. The van der Waals surface area contributed by atoms with Gasteiger partial charge >= 0.3 is 0 Å². The summed E-state index contributed by atoms with van der Waals surface area (Å²) >= 11 is 3.03. The van der Waals surface area contributed by atoms with E-state index in [0.717, 1.165) is 0 Å². The molecule has 5 nitrogen and oxygen atoms in total. The molecular weight excluding hydrogens is 250 g/mol. The predicted molar refractivity (Wildman–Crippen MR) is 56.2 cm³/mol. The Morgan fingerprint density at radius 2 is 2.36 bits per heavy atom. The maximum Gasteiger partial charge on any atom is 0.262 e. The van der Waals surface area contributed by atoms with Crippen LogP contribution in [0.5, 0.6) is 0 Å². The largest absolute Gasteiger partial charge is 0.351 e. The molecule has 0 atom stereocenters. The zero-order valence-electron chi connectivity index (χ0n) is 7.34. The Kier molecular flexibility index (Phi) is 3.84. The van der Waals surface area contributed by atoms with Crippen molar-refractivity contribution in [2.24, 2.45) is 5.73 Å². The van der Waals surface area contributed by atoms with E-state index in [2.05, 4.69) is 26.2 Å². The van der Waals surface area contributed by atoms with Crippen LogP contribution in [0.15, 0.2) is 21.5 Å². The van der Waals surface area contributed by atoms with Crippen LogP contribution in [0.2, 0.25) is 0 Å². The Morgan fingerprint density at radius 1 is 1.64 bits per heavy atom. The van der Waals surface area contributed by atoms with Gasteiger partial charge in [0.25, 0.3) is 11.5 Å². The highest BCUT2D eigenvalue weighted by Crippen LogP contribution is 2.04. The molecule has 0 saturated heterocycles. The Morgan fingerprint density at radius 3 is 2.93 bits per heavy atom. The molecule has 1 aromatic heterocycles. The minimum Gasteiger partial charge on any atom is -0.351 e. The molecule has 4 N–H and O–H groups in total. The first-order valence-electron chi connectivity index (χ1n) is 4.01. The van der Waals surface area contributed by atoms with Crippen molar-refractivity contribution < 1.29 is 4.79 Å². The zero-order valence-corrected chi connectivity index (χ0v) is 8.93. The Balaban J connectivity index is 2.81. The summed E-state index contributed by atoms with van der Waals surface area (Å²) in [5.74, 6) is -0.257. The van der Waals surface area contributed by atoms with Crippen LogP contribution in [0.4, 0.5) is 0 Å². The molecular formula is C8H10BrN3O2. The first-order valence-corrected chi connectivity index (χ1v) is 4.81. The molecule has 0 fully saturated rings. The maximum atomic E-state index is 11.4. The summed E-state index contributed by atoms with van der Waals surface area (Å²) in [6.07, 6.45) is 1.36. The van der Waals surface area contributed by atoms with E-state index in [0.29, 0.717) is 23.1 Å². The normalized spacial score (nSPS) is 9.86. The van der Waals surface area contributed by atoms with Crippen molar-refractivity contribution in [2.75, 3.05) is 13.1 Å². The van der Waals surface area contributed by atoms with Gasteiger partial charge in [0.15, 0.2) is 0 Å². The lowest BCUT2D eigenvalue weighted by molar-refractivity contribution is 0.0954. The van der Waals surface area contributed by atoms with Gasteiger partial charge in [-0.15, -0.1) is 0 Å². The molecule has 6 heteroatoms. The lowest BCUT2D eigenvalue weighted by Crippen LogP contribution is -2.29. The van der Waals surface area contributed by atoms with Gasteiger partial charge < -0.3 is 16.0 Å². The first kappa shape index (κ1) is 10.9. The molecule has 0 aliphatic carbocycles. The van der Waals surface area contributed by atoms with Gasteiger partial charge in [0.2, 0.25) is 0 Å². The molecule has 0 bridgehead atoms. The van der Waals surface area contributed by atoms with Gasteiger partial charge in [0.05, 0.1) is 10.0 Å². The summed E-state index contributed by atoms with van der Waals surface area (Å²) in [6, 6.07) is 1.46. The van der Waals surface area contributed by atoms with Gasteiger partial charge in [-0.3, -0.25) is 9.59 Å². The van der Waals surface area contributed by atoms with Gasteiger partial charge in [-0.05, 0) is 22.0 Å². The van der Waals surface area contributed by atoms with Crippen molar-refractivity contribution in [3.05, 3.63) is 32.7 Å². The monoisotopic (exact) mass is 259 g/mol. The van der Waals surface area contributed by atoms with E-state index in [1.54, 1.807) is 0 Å². The first-order chi connectivity index (χ1) is 6.65. The molecule has 0 saturated carbocycles. The van der Waals surface area contributed by atoms with Crippen molar-refractivity contribution in [2.45, 2.75) is 0 Å². The predicted octanol–water partition coefficient (Wildman–Crippen LogP) is -0.174. The zero-order chi connectivity index (χ0) is 10.6. The molecule has 1 rings (SSSR count). The summed E-state index contributed by atoms with van der Waals surface area (Å²) < 4.78 is 0.331. The van der Waals surface area contributed by atoms with Gasteiger partial charge in [0.1, 0.15) is 0 Å². The molecule has 14 heavy (non-hydrogen) atoms. The fraction of sp³-hybridized carbons (Fsp3) is 0.250. The highest BCUT2D eigenvalue weighted by atomic mass is 79.9. The number of aromatic amines is 1. The molecule has 0 aliphatic rings. The van der Waals surface area contributed by atoms with Crippen molar-refractivity contribution in [3.63, 3.8) is 0 Å². The number of nitrogens with two attached hydrogens (primary N) is 1. The number of pyridine rings is 1. The van der Waals surface area contributed by atoms with E-state index < -0.39 is 0 Å². The fourth-order valence-electron chi connectivity index (χ4n) is 0.875. The number of H-pyrrole nitrogens is 1. The van der Waals surface area contributed by atoms with Crippen LogP contribution in [0, 0.1) is 0 Å². The number of aromatic nitrogens is 1. The van der Waals surface area contributed by atoms with Crippen molar-refractivity contribution in [1.29, 1.82) is 0 Å². The molecule has 0 radical (unpaired) electrons. The quantitative estimate of drug-likeness (QED) is 0.704. The molecule has 0 unspecified atom stereocenters. The van der Waals surface area contributed by atoms with Crippen LogP contribution in [-0.4, -0.2) is 24.0 Å². The van der Waals surface area contributed by atoms with E-state index in [9.17, 15) is 9.59 Å². The van der Waals surface area contributed by atoms with E-state index in [1.165, 1.54) is 12.3 Å². The van der Waals surface area contributed by atoms with Crippen molar-refractivity contribution >= 4 is 21.8 Å². The summed E-state index contributed by atoms with van der Waals surface area (Å²) in [7, 11) is 0. The minimum atomic E-state index is -0.264. The number of hydrogen-bond acceptors (Lipinski definition) is 3. The maximum absolute atomic E-state index is 11.4. The second kappa shape index (κ2) is 4.92. The van der Waals surface area contributed by atoms with Crippen LogP contribution < -0.4 is 16.6 Å². The van der Waals surface area contributed by atoms with E-state index >= 15 is 0 Å². The van der Waals surface area contributed by atoms with Crippen LogP contribution in [0.25, 0.3) is 0 Å². The molecule has 1 heterocycles. The molecule has 0 spiro atoms. The second-order valence-corrected chi connectivity index (χ2v) is 3.46. The van der Waals surface area contributed by atoms with Crippen LogP contribution >= 0.6 is 15.9 Å². The van der Waals surface area contributed by atoms with Gasteiger partial charge in [0, 0.05) is 19.3 Å². The Bertz CT molecular complexity index is 388. The third-order valence-corrected chi connectivity index (χ3v) is 2.14. The molecule has 76 valence electrons. The van der Waals surface area contributed by atoms with Crippen molar-refractivity contribution in [1.82, 2.24) is 10.3 Å². The standard InChI is InChI=1S/C8H10BrN3O2/c9-6-3-5(4-12-8(6)14)7(13)11-2-1-10/h3-4H,1-2,10H2,(H,11,13)(H,12,14). The number of amides is 1. The van der Waals surface area contributed by atoms with E-state index in [4.69, 9.17) is 5.73 Å². The summed E-state index contributed by atoms with van der Waals surface area (Å²) in [5, 5.41) is 2.59. The number of hydrogen-bond donors (Lipinski definition) is 3. The number of halogens is 1. The minimum absolute atomic E-state index is 0.257. The summed E-state index contributed by atoms with van der Waals surface area (Å²) in [5.41, 5.74) is 5.36. The third kappa shape index (κ3) is 2.68. The lowest BCUT2D eigenvalue weighted by atomic mass is 10.3. The van der Waals surface area contributed by atoms with E-state index in [1.807, 2.05) is 0 Å². The molecule has 0 aromatic carbocycles. The number of carbonyl (C=O) groups is 1. The number of rotatable bonds is 3. The second-order valence-electron chi connectivity index (χ2n) is 2.61. The van der Waals surface area contributed by atoms with E-state index in [-0.39, 0.29) is 11.5 Å². The highest BCUT2D eigenvalue weighted by molar-refractivity contribution is 9.10. The van der Waals surface area contributed by atoms with Crippen molar-refractivity contribution in [3.8, 4) is 0 Å². The van der Waals surface area contributed by atoms with Crippen LogP contribution in [0.1, 0.15) is 10.4 Å². The third-order valence-electron chi connectivity index (χ3n) is 1.55. The highest BCUT2D eigenvalue weighted by Gasteiger charge is 2.06.